The molecule has 0 radical (unpaired) electrons. The maximum Gasteiger partial charge on any atom is 0.236 e. The molecule has 0 unspecified atom stereocenters. The van der Waals surface area contributed by atoms with Crippen LogP contribution in [0.3, 0.4) is 0 Å². The largest absolute Gasteiger partial charge is 0.379 e. The van der Waals surface area contributed by atoms with Gasteiger partial charge in [-0.05, 0) is 14.1 Å². The lowest BCUT2D eigenvalue weighted by Gasteiger charge is -2.33. The second-order valence-electron chi connectivity index (χ2n) is 4.82. The highest BCUT2D eigenvalue weighted by Crippen LogP contribution is 2.00. The van der Waals surface area contributed by atoms with E-state index in [1.807, 2.05) is 16.8 Å². The summed E-state index contributed by atoms with van der Waals surface area (Å²) in [7, 11) is 4.03. The Bertz CT molecular complexity index is 242. The molecule has 0 atom stereocenters. The highest BCUT2D eigenvalue weighted by atomic mass is 16.5. The fourth-order valence-electron chi connectivity index (χ4n) is 1.87. The third-order valence-corrected chi connectivity index (χ3v) is 3.14. The predicted molar refractivity (Wildman–Crippen MR) is 71.4 cm³/mol. The van der Waals surface area contributed by atoms with Gasteiger partial charge in [0.25, 0.3) is 0 Å². The van der Waals surface area contributed by atoms with Crippen LogP contribution >= 0.6 is 0 Å². The van der Waals surface area contributed by atoms with Crippen LogP contribution < -0.4 is 5.73 Å². The molecule has 0 aliphatic carbocycles. The lowest BCUT2D eigenvalue weighted by Crippen LogP contribution is -2.49. The Morgan fingerprint density at radius 3 is 2.56 bits per heavy atom. The van der Waals surface area contributed by atoms with Gasteiger partial charge in [0.05, 0.1) is 19.8 Å². The molecule has 106 valence electrons. The summed E-state index contributed by atoms with van der Waals surface area (Å²) in [5, 5.41) is 0. The van der Waals surface area contributed by atoms with Crippen molar-refractivity contribution in [3.8, 4) is 0 Å². The predicted octanol–water partition coefficient (Wildman–Crippen LogP) is -1.33. The van der Waals surface area contributed by atoms with Crippen LogP contribution in [-0.4, -0.2) is 93.7 Å². The van der Waals surface area contributed by atoms with Crippen LogP contribution in [0, 0.1) is 0 Å². The van der Waals surface area contributed by atoms with E-state index in [0.29, 0.717) is 26.3 Å². The number of carbonyl (C=O) groups excluding carboxylic acids is 1. The van der Waals surface area contributed by atoms with Crippen molar-refractivity contribution in [2.75, 3.05) is 73.1 Å². The molecule has 1 amide bonds. The van der Waals surface area contributed by atoms with Crippen LogP contribution in [0.5, 0.6) is 0 Å². The summed E-state index contributed by atoms with van der Waals surface area (Å²) in [6.07, 6.45) is 0. The normalized spacial score (nSPS) is 17.4. The molecular weight excluding hydrogens is 232 g/mol. The van der Waals surface area contributed by atoms with Crippen molar-refractivity contribution in [1.82, 2.24) is 14.7 Å². The number of piperazine rings is 1. The van der Waals surface area contributed by atoms with Crippen molar-refractivity contribution in [2.45, 2.75) is 0 Å². The number of nitrogens with zero attached hydrogens (tertiary/aromatic N) is 3. The fourth-order valence-corrected chi connectivity index (χ4v) is 1.87. The standard InChI is InChI=1S/C12H26N4O2/c1-14-4-6-16(7-5-14)12(17)11-15(2)8-10-18-9-3-13/h3-11,13H2,1-2H3. The first-order valence-electron chi connectivity index (χ1n) is 6.56. The smallest absolute Gasteiger partial charge is 0.236 e. The minimum Gasteiger partial charge on any atom is -0.379 e. The van der Waals surface area contributed by atoms with E-state index < -0.39 is 0 Å². The Labute approximate surface area is 110 Å². The lowest BCUT2D eigenvalue weighted by molar-refractivity contribution is -0.133. The number of likely N-dealkylation sites (N-methyl/N-ethyl adjacent to an activating group) is 2. The fraction of sp³-hybridized carbons (Fsp3) is 0.917. The van der Waals surface area contributed by atoms with Crippen LogP contribution in [0.1, 0.15) is 0 Å². The molecule has 6 nitrogen and oxygen atoms in total. The van der Waals surface area contributed by atoms with Crippen LogP contribution in [0.15, 0.2) is 0 Å². The Balaban J connectivity index is 2.14. The lowest BCUT2D eigenvalue weighted by atomic mass is 10.3. The summed E-state index contributed by atoms with van der Waals surface area (Å²) < 4.78 is 5.30. The first-order valence-corrected chi connectivity index (χ1v) is 6.56. The Morgan fingerprint density at radius 2 is 1.94 bits per heavy atom. The number of amides is 1. The molecule has 0 aromatic heterocycles. The van der Waals surface area contributed by atoms with Crippen molar-refractivity contribution < 1.29 is 9.53 Å². The van der Waals surface area contributed by atoms with Gasteiger partial charge in [-0.3, -0.25) is 9.69 Å². The van der Waals surface area contributed by atoms with Crippen LogP contribution in [0.4, 0.5) is 0 Å². The average molecular weight is 258 g/mol. The van der Waals surface area contributed by atoms with Crippen molar-refractivity contribution in [3.63, 3.8) is 0 Å². The maximum atomic E-state index is 12.0. The Hall–Kier alpha value is -0.690. The van der Waals surface area contributed by atoms with Gasteiger partial charge in [-0.15, -0.1) is 0 Å². The second-order valence-corrected chi connectivity index (χ2v) is 4.82. The van der Waals surface area contributed by atoms with Crippen LogP contribution in [-0.2, 0) is 9.53 Å². The summed E-state index contributed by atoms with van der Waals surface area (Å²) >= 11 is 0. The van der Waals surface area contributed by atoms with Crippen LogP contribution in [0.25, 0.3) is 0 Å². The third-order valence-electron chi connectivity index (χ3n) is 3.14. The molecule has 1 heterocycles. The highest BCUT2D eigenvalue weighted by Gasteiger charge is 2.19. The molecule has 0 aromatic rings. The summed E-state index contributed by atoms with van der Waals surface area (Å²) in [5.74, 6) is 0.212. The molecule has 0 bridgehead atoms. The summed E-state index contributed by atoms with van der Waals surface area (Å²) in [6.45, 7) is 6.60. The molecule has 18 heavy (non-hydrogen) atoms. The summed E-state index contributed by atoms with van der Waals surface area (Å²) in [4.78, 5) is 18.2. The van der Waals surface area contributed by atoms with E-state index in [9.17, 15) is 4.79 Å². The van der Waals surface area contributed by atoms with Gasteiger partial charge in [-0.25, -0.2) is 0 Å². The van der Waals surface area contributed by atoms with Gasteiger partial charge < -0.3 is 20.3 Å². The van der Waals surface area contributed by atoms with E-state index in [2.05, 4.69) is 11.9 Å². The van der Waals surface area contributed by atoms with Crippen molar-refractivity contribution >= 4 is 5.91 Å². The van der Waals surface area contributed by atoms with Gasteiger partial charge in [-0.2, -0.15) is 0 Å². The number of hydrogen-bond acceptors (Lipinski definition) is 5. The summed E-state index contributed by atoms with van der Waals surface area (Å²) in [6, 6.07) is 0. The van der Waals surface area contributed by atoms with Gasteiger partial charge in [0.15, 0.2) is 0 Å². The molecule has 0 saturated carbocycles. The zero-order valence-electron chi connectivity index (χ0n) is 11.6. The number of ether oxygens (including phenoxy) is 1. The van der Waals surface area contributed by atoms with Gasteiger partial charge in [-0.1, -0.05) is 0 Å². The average Bonchev–Trinajstić information content (AvgIpc) is 2.35. The van der Waals surface area contributed by atoms with E-state index in [4.69, 9.17) is 10.5 Å². The monoisotopic (exact) mass is 258 g/mol. The highest BCUT2D eigenvalue weighted by molar-refractivity contribution is 5.78. The third kappa shape index (κ3) is 5.77. The minimum absolute atomic E-state index is 0.212. The first kappa shape index (κ1) is 15.4. The molecule has 2 N–H and O–H groups in total. The number of carbonyl (C=O) groups is 1. The van der Waals surface area contributed by atoms with E-state index in [-0.39, 0.29) is 5.91 Å². The van der Waals surface area contributed by atoms with E-state index >= 15 is 0 Å². The zero-order valence-corrected chi connectivity index (χ0v) is 11.6. The molecule has 1 rings (SSSR count). The molecule has 0 spiro atoms. The first-order chi connectivity index (χ1) is 8.63. The quantitative estimate of drug-likeness (QED) is 0.573. The summed E-state index contributed by atoms with van der Waals surface area (Å²) in [5.41, 5.74) is 5.33. The van der Waals surface area contributed by atoms with Gasteiger partial charge >= 0.3 is 0 Å². The maximum absolute atomic E-state index is 12.0. The molecule has 6 heteroatoms. The van der Waals surface area contributed by atoms with Gasteiger partial charge in [0.1, 0.15) is 0 Å². The molecule has 1 aliphatic heterocycles. The number of nitrogens with two attached hydrogens (primary N) is 1. The van der Waals surface area contributed by atoms with Crippen molar-refractivity contribution in [3.05, 3.63) is 0 Å². The van der Waals surface area contributed by atoms with Gasteiger partial charge in [0.2, 0.25) is 5.91 Å². The van der Waals surface area contributed by atoms with Crippen LogP contribution in [0.2, 0.25) is 0 Å². The molecule has 1 fully saturated rings. The van der Waals surface area contributed by atoms with Crippen molar-refractivity contribution in [1.29, 1.82) is 0 Å². The Morgan fingerprint density at radius 1 is 1.28 bits per heavy atom. The minimum atomic E-state index is 0.212. The van der Waals surface area contributed by atoms with Gasteiger partial charge in [0, 0.05) is 39.3 Å². The second kappa shape index (κ2) is 8.42. The van der Waals surface area contributed by atoms with E-state index in [0.717, 1.165) is 32.7 Å². The zero-order chi connectivity index (χ0) is 13.4. The molecule has 1 aliphatic rings. The van der Waals surface area contributed by atoms with Crippen molar-refractivity contribution in [2.24, 2.45) is 5.73 Å². The SMILES string of the molecule is CN1CCN(C(=O)CN(C)CCOCCN)CC1. The molecule has 1 saturated heterocycles. The Kier molecular flexibility index (Phi) is 7.19. The topological polar surface area (TPSA) is 62.0 Å². The molecular formula is C12H26N4O2. The van der Waals surface area contributed by atoms with E-state index in [1.54, 1.807) is 0 Å². The van der Waals surface area contributed by atoms with E-state index in [1.165, 1.54) is 0 Å². The molecule has 0 aromatic carbocycles. The number of rotatable bonds is 7. The number of hydrogen-bond donors (Lipinski definition) is 1.